The maximum atomic E-state index is 14.5. The number of aliphatic hydroxyl groups is 1. The largest absolute Gasteiger partial charge is 0.481 e. The van der Waals surface area contributed by atoms with Gasteiger partial charge < -0.3 is 9.84 Å². The van der Waals surface area contributed by atoms with Crippen molar-refractivity contribution in [1.82, 2.24) is 9.71 Å². The Hall–Kier alpha value is -2.42. The molecule has 33 heavy (non-hydrogen) atoms. The number of hydrogen-bond acceptors (Lipinski definition) is 6. The summed E-state index contributed by atoms with van der Waals surface area (Å²) in [7, 11) is 1.54. The van der Waals surface area contributed by atoms with E-state index in [0.29, 0.717) is 12.3 Å². The van der Waals surface area contributed by atoms with E-state index in [1.54, 1.807) is 32.2 Å². The fourth-order valence-electron chi connectivity index (χ4n) is 3.49. The number of halogens is 1. The monoisotopic (exact) mass is 488 g/mol. The number of amides is 1. The standard InChI is InChI=1S/C25H29FN2O3S2/c1-15(2)20-12-18(26)13-21(16-8-9-27-23(10-16)31-5)19(20)6-7-22(29)28-33-24-11-17(14-32-24)25(3,4)30/h8-15,30H,6-7H2,1-5H3,(H,28,29). The molecule has 2 N–H and O–H groups in total. The van der Waals surface area contributed by atoms with Crippen molar-refractivity contribution in [3.63, 3.8) is 0 Å². The molecule has 0 aliphatic carbocycles. The van der Waals surface area contributed by atoms with Gasteiger partial charge in [-0.3, -0.25) is 9.52 Å². The molecule has 2 heterocycles. The van der Waals surface area contributed by atoms with Gasteiger partial charge in [0.05, 0.1) is 16.9 Å². The Morgan fingerprint density at radius 3 is 2.70 bits per heavy atom. The van der Waals surface area contributed by atoms with Gasteiger partial charge in [0.2, 0.25) is 11.8 Å². The van der Waals surface area contributed by atoms with Crippen molar-refractivity contribution in [3.8, 4) is 17.0 Å². The first-order valence-corrected chi connectivity index (χ1v) is 12.4. The molecular formula is C25H29FN2O3S2. The fourth-order valence-corrected chi connectivity index (χ4v) is 5.24. The highest BCUT2D eigenvalue weighted by Crippen LogP contribution is 2.34. The van der Waals surface area contributed by atoms with Gasteiger partial charge >= 0.3 is 0 Å². The number of pyridine rings is 1. The van der Waals surface area contributed by atoms with Crippen molar-refractivity contribution in [2.24, 2.45) is 0 Å². The number of nitrogens with one attached hydrogen (secondary N) is 1. The second-order valence-electron chi connectivity index (χ2n) is 8.60. The van der Waals surface area contributed by atoms with Crippen molar-refractivity contribution >= 4 is 29.2 Å². The van der Waals surface area contributed by atoms with Gasteiger partial charge in [0.15, 0.2) is 0 Å². The molecular weight excluding hydrogens is 459 g/mol. The van der Waals surface area contributed by atoms with E-state index in [9.17, 15) is 14.3 Å². The molecule has 8 heteroatoms. The molecule has 1 aromatic carbocycles. The minimum absolute atomic E-state index is 0.0991. The lowest BCUT2D eigenvalue weighted by molar-refractivity contribution is -0.119. The van der Waals surface area contributed by atoms with Crippen LogP contribution in [0, 0.1) is 5.82 Å². The maximum absolute atomic E-state index is 14.5. The number of nitrogens with zero attached hydrogens (tertiary/aromatic N) is 1. The van der Waals surface area contributed by atoms with E-state index < -0.39 is 5.60 Å². The van der Waals surface area contributed by atoms with Gasteiger partial charge in [-0.1, -0.05) is 13.8 Å². The van der Waals surface area contributed by atoms with Crippen LogP contribution in [0.1, 0.15) is 56.7 Å². The van der Waals surface area contributed by atoms with Crippen LogP contribution < -0.4 is 9.46 Å². The molecule has 3 rings (SSSR count). The molecule has 0 bridgehead atoms. The van der Waals surface area contributed by atoms with E-state index >= 15 is 0 Å². The molecule has 0 fully saturated rings. The van der Waals surface area contributed by atoms with Gasteiger partial charge in [-0.15, -0.1) is 11.3 Å². The van der Waals surface area contributed by atoms with Crippen molar-refractivity contribution in [2.45, 2.75) is 56.3 Å². The minimum Gasteiger partial charge on any atom is -0.481 e. The van der Waals surface area contributed by atoms with Crippen LogP contribution in [0.2, 0.25) is 0 Å². The second-order valence-corrected chi connectivity index (χ2v) is 10.6. The molecule has 2 aromatic heterocycles. The zero-order chi connectivity index (χ0) is 24.2. The number of carbonyl (C=O) groups is 1. The SMILES string of the molecule is COc1cc(-c2cc(F)cc(C(C)C)c2CCC(=O)NSc2cc(C(C)(C)O)cs2)ccn1. The minimum atomic E-state index is -0.915. The van der Waals surface area contributed by atoms with Crippen LogP contribution in [-0.2, 0) is 16.8 Å². The van der Waals surface area contributed by atoms with E-state index in [1.807, 2.05) is 31.4 Å². The fraction of sp³-hybridized carbons (Fsp3) is 0.360. The summed E-state index contributed by atoms with van der Waals surface area (Å²) in [6.07, 6.45) is 2.36. The van der Waals surface area contributed by atoms with Gasteiger partial charge in [-0.25, -0.2) is 9.37 Å². The Balaban J connectivity index is 1.77. The molecule has 0 atom stereocenters. The summed E-state index contributed by atoms with van der Waals surface area (Å²) >= 11 is 2.71. The van der Waals surface area contributed by atoms with Crippen LogP contribution in [-0.4, -0.2) is 23.1 Å². The quantitative estimate of drug-likeness (QED) is 0.358. The summed E-state index contributed by atoms with van der Waals surface area (Å²) in [6.45, 7) is 7.49. The smallest absolute Gasteiger partial charge is 0.230 e. The van der Waals surface area contributed by atoms with Gasteiger partial charge in [0.25, 0.3) is 0 Å². The molecule has 0 aliphatic rings. The number of benzene rings is 1. The molecule has 0 aliphatic heterocycles. The first-order chi connectivity index (χ1) is 15.6. The first-order valence-electron chi connectivity index (χ1n) is 10.7. The Morgan fingerprint density at radius 1 is 1.30 bits per heavy atom. The Morgan fingerprint density at radius 2 is 2.06 bits per heavy atom. The van der Waals surface area contributed by atoms with Crippen molar-refractivity contribution in [2.75, 3.05) is 7.11 Å². The lowest BCUT2D eigenvalue weighted by Crippen LogP contribution is -2.17. The molecule has 0 saturated heterocycles. The maximum Gasteiger partial charge on any atom is 0.230 e. The second kappa shape index (κ2) is 10.7. The predicted molar refractivity (Wildman–Crippen MR) is 132 cm³/mol. The zero-order valence-corrected chi connectivity index (χ0v) is 21.1. The molecule has 0 unspecified atom stereocenters. The number of carbonyl (C=O) groups excluding carboxylic acids is 1. The number of methoxy groups -OCH3 is 1. The van der Waals surface area contributed by atoms with Crippen LogP contribution >= 0.6 is 23.3 Å². The van der Waals surface area contributed by atoms with E-state index in [0.717, 1.165) is 32.0 Å². The topological polar surface area (TPSA) is 71.5 Å². The van der Waals surface area contributed by atoms with Crippen molar-refractivity contribution in [3.05, 3.63) is 64.4 Å². The van der Waals surface area contributed by atoms with Crippen LogP contribution in [0.5, 0.6) is 5.88 Å². The highest BCUT2D eigenvalue weighted by molar-refractivity contribution is 7.99. The summed E-state index contributed by atoms with van der Waals surface area (Å²) in [5.74, 6) is 0.121. The molecule has 176 valence electrons. The number of rotatable bonds is 9. The highest BCUT2D eigenvalue weighted by Gasteiger charge is 2.19. The first kappa shape index (κ1) is 25.2. The summed E-state index contributed by atoms with van der Waals surface area (Å²) < 4.78 is 23.5. The van der Waals surface area contributed by atoms with Crippen molar-refractivity contribution in [1.29, 1.82) is 0 Å². The van der Waals surface area contributed by atoms with Gasteiger partial charge in [0, 0.05) is 18.7 Å². The van der Waals surface area contributed by atoms with Crippen LogP contribution in [0.4, 0.5) is 4.39 Å². The summed E-state index contributed by atoms with van der Waals surface area (Å²) in [6, 6.07) is 8.53. The molecule has 0 spiro atoms. The third-order valence-corrected chi connectivity index (χ3v) is 7.18. The van der Waals surface area contributed by atoms with Crippen molar-refractivity contribution < 1.29 is 19.0 Å². The number of aromatic nitrogens is 1. The van der Waals surface area contributed by atoms with Crippen LogP contribution in [0.3, 0.4) is 0 Å². The van der Waals surface area contributed by atoms with Gasteiger partial charge in [-0.05, 0) is 95.6 Å². The van der Waals surface area contributed by atoms with E-state index in [4.69, 9.17) is 4.74 Å². The van der Waals surface area contributed by atoms with E-state index in [1.165, 1.54) is 36.5 Å². The number of thiophene rings is 1. The molecule has 0 radical (unpaired) electrons. The average Bonchev–Trinajstić information content (AvgIpc) is 3.26. The lowest BCUT2D eigenvalue weighted by atomic mass is 9.87. The number of ether oxygens (including phenoxy) is 1. The van der Waals surface area contributed by atoms with Crippen LogP contribution in [0.25, 0.3) is 11.1 Å². The summed E-state index contributed by atoms with van der Waals surface area (Å²) in [5.41, 5.74) is 3.27. The zero-order valence-electron chi connectivity index (χ0n) is 19.4. The number of hydrogen-bond donors (Lipinski definition) is 2. The molecule has 3 aromatic rings. The van der Waals surface area contributed by atoms with E-state index in [2.05, 4.69) is 9.71 Å². The summed E-state index contributed by atoms with van der Waals surface area (Å²) in [4.78, 5) is 16.7. The van der Waals surface area contributed by atoms with Crippen LogP contribution in [0.15, 0.2) is 46.1 Å². The average molecular weight is 489 g/mol. The highest BCUT2D eigenvalue weighted by atomic mass is 32.2. The lowest BCUT2D eigenvalue weighted by Gasteiger charge is -2.18. The summed E-state index contributed by atoms with van der Waals surface area (Å²) in [5, 5.41) is 12.0. The molecule has 1 amide bonds. The van der Waals surface area contributed by atoms with E-state index in [-0.39, 0.29) is 24.1 Å². The Kier molecular flexibility index (Phi) is 8.15. The molecule has 5 nitrogen and oxygen atoms in total. The predicted octanol–water partition coefficient (Wildman–Crippen LogP) is 6.06. The van der Waals surface area contributed by atoms with Gasteiger partial charge in [0.1, 0.15) is 5.82 Å². The Bertz CT molecular complexity index is 1120. The third-order valence-electron chi connectivity index (χ3n) is 5.28. The third kappa shape index (κ3) is 6.56. The molecule has 0 saturated carbocycles. The van der Waals surface area contributed by atoms with Gasteiger partial charge in [-0.2, -0.15) is 0 Å². The Labute approximate surface area is 202 Å². The normalized spacial score (nSPS) is 11.6.